The highest BCUT2D eigenvalue weighted by molar-refractivity contribution is 6.31. The summed E-state index contributed by atoms with van der Waals surface area (Å²) >= 11 is 5.97. The number of aryl methyl sites for hydroxylation is 1. The maximum atomic E-state index is 12.3. The molecule has 0 aliphatic carbocycles. The molecule has 23 heavy (non-hydrogen) atoms. The van der Waals surface area contributed by atoms with E-state index in [9.17, 15) is 4.79 Å². The number of anilines is 2. The fourth-order valence-electron chi connectivity index (χ4n) is 2.62. The number of nitrogens with zero attached hydrogens (tertiary/aromatic N) is 3. The Hall–Kier alpha value is -2.14. The zero-order valence-electron chi connectivity index (χ0n) is 13.1. The topological polar surface area (TPSA) is 58.1 Å². The molecule has 0 radical (unpaired) electrons. The number of amides is 1. The number of hydrogen-bond acceptors (Lipinski definition) is 4. The number of aromatic nitrogens is 2. The molecule has 0 unspecified atom stereocenters. The number of hydrogen-bond donors (Lipinski definition) is 1. The van der Waals surface area contributed by atoms with Gasteiger partial charge < -0.3 is 10.2 Å². The number of carbonyl (C=O) groups excluding carboxylic acids is 1. The van der Waals surface area contributed by atoms with Gasteiger partial charge in [-0.3, -0.25) is 4.79 Å². The summed E-state index contributed by atoms with van der Waals surface area (Å²) in [4.78, 5) is 23.1. The Morgan fingerprint density at radius 2 is 1.87 bits per heavy atom. The van der Waals surface area contributed by atoms with E-state index in [4.69, 9.17) is 11.6 Å². The highest BCUT2D eigenvalue weighted by Crippen LogP contribution is 2.21. The smallest absolute Gasteiger partial charge is 0.258 e. The fourth-order valence-corrected chi connectivity index (χ4v) is 2.79. The van der Waals surface area contributed by atoms with Gasteiger partial charge in [0, 0.05) is 36.2 Å². The maximum absolute atomic E-state index is 12.3. The SMILES string of the molecule is Cc1ccc(Cl)cc1NC(=O)c1cnc(N2CCCCC2)nc1. The Kier molecular flexibility index (Phi) is 4.76. The summed E-state index contributed by atoms with van der Waals surface area (Å²) in [5.74, 6) is 0.459. The van der Waals surface area contributed by atoms with Gasteiger partial charge in [-0.1, -0.05) is 17.7 Å². The summed E-state index contributed by atoms with van der Waals surface area (Å²) in [6.45, 7) is 3.88. The van der Waals surface area contributed by atoms with Crippen molar-refractivity contribution >= 4 is 29.1 Å². The first-order valence-corrected chi connectivity index (χ1v) is 8.16. The lowest BCUT2D eigenvalue weighted by Gasteiger charge is -2.26. The van der Waals surface area contributed by atoms with Crippen LogP contribution in [0, 0.1) is 6.92 Å². The molecule has 1 aliphatic heterocycles. The van der Waals surface area contributed by atoms with E-state index < -0.39 is 0 Å². The van der Waals surface area contributed by atoms with Crippen LogP contribution >= 0.6 is 11.6 Å². The minimum absolute atomic E-state index is 0.236. The Morgan fingerprint density at radius 3 is 2.57 bits per heavy atom. The van der Waals surface area contributed by atoms with E-state index in [1.807, 2.05) is 13.0 Å². The predicted molar refractivity (Wildman–Crippen MR) is 92.2 cm³/mol. The first kappa shape index (κ1) is 15.7. The van der Waals surface area contributed by atoms with E-state index in [2.05, 4.69) is 20.2 Å². The highest BCUT2D eigenvalue weighted by atomic mass is 35.5. The Morgan fingerprint density at radius 1 is 1.17 bits per heavy atom. The lowest BCUT2D eigenvalue weighted by Crippen LogP contribution is -2.31. The number of rotatable bonds is 3. The van der Waals surface area contributed by atoms with Crippen LogP contribution in [0.25, 0.3) is 0 Å². The van der Waals surface area contributed by atoms with Crippen LogP contribution in [0.2, 0.25) is 5.02 Å². The molecule has 5 nitrogen and oxygen atoms in total. The average molecular weight is 331 g/mol. The van der Waals surface area contributed by atoms with Crippen molar-refractivity contribution in [1.82, 2.24) is 9.97 Å². The molecular formula is C17H19ClN4O. The molecule has 0 spiro atoms. The molecule has 1 N–H and O–H groups in total. The fraction of sp³-hybridized carbons (Fsp3) is 0.353. The first-order valence-electron chi connectivity index (χ1n) is 7.78. The van der Waals surface area contributed by atoms with Gasteiger partial charge in [-0.25, -0.2) is 9.97 Å². The van der Waals surface area contributed by atoms with Gasteiger partial charge in [-0.2, -0.15) is 0 Å². The number of carbonyl (C=O) groups is 1. The molecule has 0 atom stereocenters. The summed E-state index contributed by atoms with van der Waals surface area (Å²) in [5.41, 5.74) is 2.08. The van der Waals surface area contributed by atoms with Crippen LogP contribution in [0.5, 0.6) is 0 Å². The molecule has 1 fully saturated rings. The van der Waals surface area contributed by atoms with Crippen molar-refractivity contribution in [1.29, 1.82) is 0 Å². The number of nitrogens with one attached hydrogen (secondary N) is 1. The van der Waals surface area contributed by atoms with Crippen molar-refractivity contribution in [2.45, 2.75) is 26.2 Å². The molecule has 1 amide bonds. The monoisotopic (exact) mass is 330 g/mol. The Labute approximate surface area is 140 Å². The second-order valence-corrected chi connectivity index (χ2v) is 6.17. The molecule has 1 aromatic carbocycles. The first-order chi connectivity index (χ1) is 11.1. The zero-order chi connectivity index (χ0) is 16.2. The summed E-state index contributed by atoms with van der Waals surface area (Å²) in [6.07, 6.45) is 6.74. The minimum Gasteiger partial charge on any atom is -0.341 e. The van der Waals surface area contributed by atoms with E-state index in [0.717, 1.165) is 18.7 Å². The summed E-state index contributed by atoms with van der Waals surface area (Å²) in [6, 6.07) is 5.40. The van der Waals surface area contributed by atoms with E-state index in [0.29, 0.717) is 22.2 Å². The van der Waals surface area contributed by atoms with Crippen LogP contribution in [0.1, 0.15) is 35.2 Å². The van der Waals surface area contributed by atoms with Gasteiger partial charge in [0.15, 0.2) is 0 Å². The molecule has 0 saturated carbocycles. The molecule has 3 rings (SSSR count). The molecule has 0 bridgehead atoms. The van der Waals surface area contributed by atoms with Gasteiger partial charge >= 0.3 is 0 Å². The normalized spacial score (nSPS) is 14.6. The third-order valence-corrected chi connectivity index (χ3v) is 4.22. The van der Waals surface area contributed by atoms with Crippen molar-refractivity contribution in [3.8, 4) is 0 Å². The average Bonchev–Trinajstić information content (AvgIpc) is 2.59. The van der Waals surface area contributed by atoms with Crippen LogP contribution in [0.4, 0.5) is 11.6 Å². The number of piperidine rings is 1. The van der Waals surface area contributed by atoms with Crippen molar-refractivity contribution in [3.05, 3.63) is 46.7 Å². The van der Waals surface area contributed by atoms with E-state index >= 15 is 0 Å². The van der Waals surface area contributed by atoms with Crippen molar-refractivity contribution in [2.24, 2.45) is 0 Å². The number of halogens is 1. The van der Waals surface area contributed by atoms with Crippen molar-refractivity contribution < 1.29 is 4.79 Å². The zero-order valence-corrected chi connectivity index (χ0v) is 13.8. The van der Waals surface area contributed by atoms with Crippen molar-refractivity contribution in [2.75, 3.05) is 23.3 Å². The number of benzene rings is 1. The maximum Gasteiger partial charge on any atom is 0.258 e. The third kappa shape index (κ3) is 3.79. The van der Waals surface area contributed by atoms with Crippen LogP contribution in [0.3, 0.4) is 0 Å². The molecule has 120 valence electrons. The van der Waals surface area contributed by atoms with Gasteiger partial charge in [0.1, 0.15) is 0 Å². The molecule has 1 saturated heterocycles. The molecule has 2 aromatic rings. The third-order valence-electron chi connectivity index (χ3n) is 3.99. The summed E-state index contributed by atoms with van der Waals surface area (Å²) in [7, 11) is 0. The second-order valence-electron chi connectivity index (χ2n) is 5.73. The Balaban J connectivity index is 1.71. The van der Waals surface area contributed by atoms with Gasteiger partial charge in [-0.15, -0.1) is 0 Å². The van der Waals surface area contributed by atoms with Crippen LogP contribution in [-0.4, -0.2) is 29.0 Å². The lowest BCUT2D eigenvalue weighted by atomic mass is 10.1. The minimum atomic E-state index is -0.236. The molecule has 1 aliphatic rings. The summed E-state index contributed by atoms with van der Waals surface area (Å²) in [5, 5.41) is 3.44. The molecular weight excluding hydrogens is 312 g/mol. The van der Waals surface area contributed by atoms with Crippen LogP contribution in [0.15, 0.2) is 30.6 Å². The van der Waals surface area contributed by atoms with Gasteiger partial charge in [0.2, 0.25) is 5.95 Å². The van der Waals surface area contributed by atoms with E-state index in [-0.39, 0.29) is 5.91 Å². The van der Waals surface area contributed by atoms with Crippen LogP contribution < -0.4 is 10.2 Å². The highest BCUT2D eigenvalue weighted by Gasteiger charge is 2.15. The van der Waals surface area contributed by atoms with Crippen molar-refractivity contribution in [3.63, 3.8) is 0 Å². The van der Waals surface area contributed by atoms with Crippen LogP contribution in [-0.2, 0) is 0 Å². The molecule has 2 heterocycles. The molecule has 1 aromatic heterocycles. The quantitative estimate of drug-likeness (QED) is 0.932. The lowest BCUT2D eigenvalue weighted by molar-refractivity contribution is 0.102. The van der Waals surface area contributed by atoms with Gasteiger partial charge in [0.05, 0.1) is 5.56 Å². The standard InChI is InChI=1S/C17H19ClN4O/c1-12-5-6-14(18)9-15(12)21-16(23)13-10-19-17(20-11-13)22-7-3-2-4-8-22/h5-6,9-11H,2-4,7-8H2,1H3,(H,21,23). The second kappa shape index (κ2) is 6.96. The Bertz CT molecular complexity index is 696. The van der Waals surface area contributed by atoms with Gasteiger partial charge in [-0.05, 0) is 43.9 Å². The summed E-state index contributed by atoms with van der Waals surface area (Å²) < 4.78 is 0. The van der Waals surface area contributed by atoms with E-state index in [1.54, 1.807) is 24.5 Å². The molecule has 6 heteroatoms. The predicted octanol–water partition coefficient (Wildman–Crippen LogP) is 3.68. The van der Waals surface area contributed by atoms with E-state index in [1.165, 1.54) is 19.3 Å². The largest absolute Gasteiger partial charge is 0.341 e. The van der Waals surface area contributed by atoms with Gasteiger partial charge in [0.25, 0.3) is 5.91 Å².